The van der Waals surface area contributed by atoms with Crippen molar-refractivity contribution in [2.24, 2.45) is 18.7 Å². The van der Waals surface area contributed by atoms with E-state index in [1.54, 1.807) is 17.2 Å². The van der Waals surface area contributed by atoms with Crippen LogP contribution in [0.3, 0.4) is 0 Å². The van der Waals surface area contributed by atoms with E-state index in [1.807, 2.05) is 7.05 Å². The highest BCUT2D eigenvalue weighted by Crippen LogP contribution is 2.25. The predicted octanol–water partition coefficient (Wildman–Crippen LogP) is 1.54. The van der Waals surface area contributed by atoms with E-state index >= 15 is 0 Å². The number of nitrogens with one attached hydrogen (secondary N) is 1. The standard InChI is InChI=1S/C13H22N6/c1-9(2)5-13(3,7-14)18-11-10-6-17-19(4)12(10)16-8-15-11/h6,8-9H,5,7,14H2,1-4H3,(H,15,16,18). The Morgan fingerprint density at radius 2 is 2.16 bits per heavy atom. The van der Waals surface area contributed by atoms with Crippen LogP contribution in [0.25, 0.3) is 11.0 Å². The van der Waals surface area contributed by atoms with Gasteiger partial charge in [0.15, 0.2) is 5.65 Å². The zero-order valence-corrected chi connectivity index (χ0v) is 12.0. The summed E-state index contributed by atoms with van der Waals surface area (Å²) >= 11 is 0. The van der Waals surface area contributed by atoms with Crippen molar-refractivity contribution in [1.82, 2.24) is 19.7 Å². The van der Waals surface area contributed by atoms with Crippen LogP contribution in [-0.4, -0.2) is 31.8 Å². The molecule has 2 heterocycles. The topological polar surface area (TPSA) is 81.7 Å². The highest BCUT2D eigenvalue weighted by atomic mass is 15.3. The molecule has 0 aliphatic rings. The summed E-state index contributed by atoms with van der Waals surface area (Å²) in [6.45, 7) is 7.05. The first-order valence-electron chi connectivity index (χ1n) is 6.56. The number of hydrogen-bond donors (Lipinski definition) is 2. The van der Waals surface area contributed by atoms with Gasteiger partial charge >= 0.3 is 0 Å². The summed E-state index contributed by atoms with van der Waals surface area (Å²) in [6, 6.07) is 0. The SMILES string of the molecule is CC(C)CC(C)(CN)Nc1ncnc2c1cnn2C. The monoisotopic (exact) mass is 262 g/mol. The van der Waals surface area contributed by atoms with Gasteiger partial charge in [0.25, 0.3) is 0 Å². The molecule has 0 spiro atoms. The first kappa shape index (κ1) is 13.7. The van der Waals surface area contributed by atoms with Gasteiger partial charge in [-0.25, -0.2) is 9.97 Å². The lowest BCUT2D eigenvalue weighted by Crippen LogP contribution is -2.43. The van der Waals surface area contributed by atoms with Crippen molar-refractivity contribution < 1.29 is 0 Å². The number of aryl methyl sites for hydroxylation is 1. The summed E-state index contributed by atoms with van der Waals surface area (Å²) in [4.78, 5) is 8.57. The van der Waals surface area contributed by atoms with Gasteiger partial charge in [-0.3, -0.25) is 4.68 Å². The van der Waals surface area contributed by atoms with Crippen LogP contribution < -0.4 is 11.1 Å². The third-order valence-electron chi connectivity index (χ3n) is 3.26. The molecule has 0 bridgehead atoms. The molecule has 0 aliphatic carbocycles. The molecule has 1 unspecified atom stereocenters. The van der Waals surface area contributed by atoms with E-state index in [4.69, 9.17) is 5.73 Å². The van der Waals surface area contributed by atoms with Crippen molar-refractivity contribution in [3.63, 3.8) is 0 Å². The van der Waals surface area contributed by atoms with Crippen LogP contribution in [0.15, 0.2) is 12.5 Å². The second-order valence-electron chi connectivity index (χ2n) is 5.72. The summed E-state index contributed by atoms with van der Waals surface area (Å²) < 4.78 is 1.74. The van der Waals surface area contributed by atoms with Crippen LogP contribution in [0.5, 0.6) is 0 Å². The average Bonchev–Trinajstić information content (AvgIpc) is 2.72. The van der Waals surface area contributed by atoms with E-state index in [2.05, 4.69) is 41.2 Å². The fourth-order valence-electron chi connectivity index (χ4n) is 2.43. The molecule has 0 radical (unpaired) electrons. The maximum Gasteiger partial charge on any atom is 0.163 e. The van der Waals surface area contributed by atoms with E-state index in [9.17, 15) is 0 Å². The Bertz CT molecular complexity index is 561. The third-order valence-corrected chi connectivity index (χ3v) is 3.26. The number of hydrogen-bond acceptors (Lipinski definition) is 5. The van der Waals surface area contributed by atoms with Gasteiger partial charge in [-0.2, -0.15) is 5.10 Å². The number of rotatable bonds is 5. The largest absolute Gasteiger partial charge is 0.363 e. The molecule has 0 amide bonds. The fourth-order valence-corrected chi connectivity index (χ4v) is 2.43. The number of fused-ring (bicyclic) bond motifs is 1. The normalized spacial score (nSPS) is 14.8. The maximum atomic E-state index is 5.93. The van der Waals surface area contributed by atoms with E-state index < -0.39 is 0 Å². The Morgan fingerprint density at radius 1 is 1.42 bits per heavy atom. The summed E-state index contributed by atoms with van der Waals surface area (Å²) in [5, 5.41) is 8.60. The van der Waals surface area contributed by atoms with E-state index in [-0.39, 0.29) is 5.54 Å². The molecular weight excluding hydrogens is 240 g/mol. The minimum atomic E-state index is -0.175. The van der Waals surface area contributed by atoms with Crippen LogP contribution in [0, 0.1) is 5.92 Å². The van der Waals surface area contributed by atoms with Crippen LogP contribution in [0.4, 0.5) is 5.82 Å². The average molecular weight is 262 g/mol. The molecule has 6 heteroatoms. The molecule has 1 atom stereocenters. The van der Waals surface area contributed by atoms with Gasteiger partial charge in [0.1, 0.15) is 12.1 Å². The second kappa shape index (κ2) is 5.13. The number of anilines is 1. The number of nitrogens with two attached hydrogens (primary N) is 1. The number of nitrogens with zero attached hydrogens (tertiary/aromatic N) is 4. The molecule has 0 fully saturated rings. The molecule has 6 nitrogen and oxygen atoms in total. The summed E-state index contributed by atoms with van der Waals surface area (Å²) in [6.07, 6.45) is 4.32. The van der Waals surface area contributed by atoms with Crippen molar-refractivity contribution in [3.05, 3.63) is 12.5 Å². The zero-order chi connectivity index (χ0) is 14.0. The van der Waals surface area contributed by atoms with Crippen molar-refractivity contribution in [2.75, 3.05) is 11.9 Å². The minimum Gasteiger partial charge on any atom is -0.363 e. The molecule has 0 aliphatic heterocycles. The zero-order valence-electron chi connectivity index (χ0n) is 12.0. The Hall–Kier alpha value is -1.69. The summed E-state index contributed by atoms with van der Waals surface area (Å²) in [5.41, 5.74) is 6.57. The van der Waals surface area contributed by atoms with Gasteiger partial charge in [0, 0.05) is 19.1 Å². The fraction of sp³-hybridized carbons (Fsp3) is 0.615. The molecular formula is C13H22N6. The van der Waals surface area contributed by atoms with Crippen molar-refractivity contribution in [2.45, 2.75) is 32.7 Å². The summed E-state index contributed by atoms with van der Waals surface area (Å²) in [5.74, 6) is 1.36. The summed E-state index contributed by atoms with van der Waals surface area (Å²) in [7, 11) is 1.87. The van der Waals surface area contributed by atoms with Crippen LogP contribution in [-0.2, 0) is 7.05 Å². The Balaban J connectivity index is 2.34. The molecule has 2 aromatic heterocycles. The van der Waals surface area contributed by atoms with Gasteiger partial charge in [-0.15, -0.1) is 0 Å². The van der Waals surface area contributed by atoms with Crippen LogP contribution in [0.1, 0.15) is 27.2 Å². The number of aromatic nitrogens is 4. The van der Waals surface area contributed by atoms with E-state index in [0.29, 0.717) is 12.5 Å². The molecule has 2 rings (SSSR count). The molecule has 0 saturated heterocycles. The highest BCUT2D eigenvalue weighted by molar-refractivity contribution is 5.86. The van der Waals surface area contributed by atoms with Gasteiger partial charge in [-0.05, 0) is 19.3 Å². The van der Waals surface area contributed by atoms with Crippen LogP contribution in [0.2, 0.25) is 0 Å². The van der Waals surface area contributed by atoms with Gasteiger partial charge in [0.05, 0.1) is 11.6 Å². The Kier molecular flexibility index (Phi) is 3.71. The first-order chi connectivity index (χ1) is 8.95. The van der Waals surface area contributed by atoms with Crippen molar-refractivity contribution in [1.29, 1.82) is 0 Å². The first-order valence-corrected chi connectivity index (χ1v) is 6.56. The lowest BCUT2D eigenvalue weighted by Gasteiger charge is -2.31. The highest BCUT2D eigenvalue weighted by Gasteiger charge is 2.25. The lowest BCUT2D eigenvalue weighted by atomic mass is 9.90. The van der Waals surface area contributed by atoms with E-state index in [1.165, 1.54) is 0 Å². The molecule has 0 aromatic carbocycles. The van der Waals surface area contributed by atoms with Gasteiger partial charge in [-0.1, -0.05) is 13.8 Å². The maximum absolute atomic E-state index is 5.93. The second-order valence-corrected chi connectivity index (χ2v) is 5.72. The minimum absolute atomic E-state index is 0.175. The van der Waals surface area contributed by atoms with Crippen molar-refractivity contribution >= 4 is 16.9 Å². The molecule has 0 saturated carbocycles. The third kappa shape index (κ3) is 2.84. The Labute approximate surface area is 113 Å². The van der Waals surface area contributed by atoms with Crippen LogP contribution >= 0.6 is 0 Å². The molecule has 104 valence electrons. The molecule has 19 heavy (non-hydrogen) atoms. The lowest BCUT2D eigenvalue weighted by molar-refractivity contribution is 0.406. The Morgan fingerprint density at radius 3 is 2.79 bits per heavy atom. The quantitative estimate of drug-likeness (QED) is 0.854. The van der Waals surface area contributed by atoms with Crippen molar-refractivity contribution in [3.8, 4) is 0 Å². The van der Waals surface area contributed by atoms with E-state index in [0.717, 1.165) is 23.3 Å². The van der Waals surface area contributed by atoms with Gasteiger partial charge < -0.3 is 11.1 Å². The smallest absolute Gasteiger partial charge is 0.163 e. The predicted molar refractivity (Wildman–Crippen MR) is 76.8 cm³/mol. The van der Waals surface area contributed by atoms with Gasteiger partial charge in [0.2, 0.25) is 0 Å². The molecule has 2 aromatic rings. The molecule has 3 N–H and O–H groups in total.